The van der Waals surface area contributed by atoms with Gasteiger partial charge in [0.05, 0.1) is 5.69 Å². The van der Waals surface area contributed by atoms with Gasteiger partial charge in [-0.25, -0.2) is 0 Å². The molecule has 0 spiro atoms. The maximum Gasteiger partial charge on any atom is 0.0723 e. The number of nitrogens with two attached hydrogens (primary N) is 2. The Bertz CT molecular complexity index is 475. The molecule has 3 nitrogen and oxygen atoms in total. The molecule has 0 amide bonds. The topological polar surface area (TPSA) is 64.9 Å². The van der Waals surface area contributed by atoms with Crippen molar-refractivity contribution in [3.05, 3.63) is 42.1 Å². The fraction of sp³-hybridized carbons (Fsp3) is 0.0833. The molecule has 4 N–H and O–H groups in total. The minimum Gasteiger partial charge on any atom is -0.399 e. The zero-order valence-electron chi connectivity index (χ0n) is 8.57. The van der Waals surface area contributed by atoms with Crippen molar-refractivity contribution in [1.29, 1.82) is 0 Å². The van der Waals surface area contributed by atoms with Crippen LogP contribution in [0.15, 0.2) is 36.5 Å². The van der Waals surface area contributed by atoms with Crippen molar-refractivity contribution in [1.82, 2.24) is 4.98 Å². The monoisotopic (exact) mass is 199 g/mol. The van der Waals surface area contributed by atoms with Crippen LogP contribution in [0, 0.1) is 6.92 Å². The number of hydrogen-bond donors (Lipinski definition) is 2. The van der Waals surface area contributed by atoms with Gasteiger partial charge in [-0.3, -0.25) is 4.98 Å². The van der Waals surface area contributed by atoms with E-state index in [0.29, 0.717) is 11.4 Å². The van der Waals surface area contributed by atoms with Gasteiger partial charge in [0.15, 0.2) is 0 Å². The van der Waals surface area contributed by atoms with E-state index in [1.54, 1.807) is 12.1 Å². The smallest absolute Gasteiger partial charge is 0.0723 e. The van der Waals surface area contributed by atoms with Crippen LogP contribution in [-0.4, -0.2) is 4.98 Å². The highest BCUT2D eigenvalue weighted by atomic mass is 14.7. The lowest BCUT2D eigenvalue weighted by molar-refractivity contribution is 1.27. The average molecular weight is 199 g/mol. The first kappa shape index (κ1) is 9.52. The lowest BCUT2D eigenvalue weighted by atomic mass is 10.1. The molecule has 1 aromatic carbocycles. The highest BCUT2D eigenvalue weighted by Gasteiger charge is 2.03. The van der Waals surface area contributed by atoms with E-state index in [-0.39, 0.29) is 0 Å². The van der Waals surface area contributed by atoms with Crippen LogP contribution < -0.4 is 11.5 Å². The molecular formula is C12H13N3. The number of rotatable bonds is 1. The standard InChI is InChI=1S/C12H13N3/c1-8-2-5-12(15-7-8)10-6-9(13)3-4-11(10)14/h2-7H,13-14H2,1H3. The zero-order valence-corrected chi connectivity index (χ0v) is 8.57. The van der Waals surface area contributed by atoms with Crippen LogP contribution in [0.3, 0.4) is 0 Å². The van der Waals surface area contributed by atoms with Crippen LogP contribution in [0.4, 0.5) is 11.4 Å². The first-order valence-corrected chi connectivity index (χ1v) is 4.75. The predicted molar refractivity (Wildman–Crippen MR) is 63.2 cm³/mol. The lowest BCUT2D eigenvalue weighted by Gasteiger charge is -2.06. The molecule has 1 heterocycles. The third-order valence-electron chi connectivity index (χ3n) is 2.26. The largest absolute Gasteiger partial charge is 0.399 e. The van der Waals surface area contributed by atoms with Crippen molar-refractivity contribution >= 4 is 11.4 Å². The Morgan fingerprint density at radius 3 is 2.53 bits per heavy atom. The summed E-state index contributed by atoms with van der Waals surface area (Å²) in [5.41, 5.74) is 15.8. The Hall–Kier alpha value is -2.03. The van der Waals surface area contributed by atoms with Crippen molar-refractivity contribution in [2.45, 2.75) is 6.92 Å². The van der Waals surface area contributed by atoms with Gasteiger partial charge in [0, 0.05) is 23.1 Å². The van der Waals surface area contributed by atoms with E-state index >= 15 is 0 Å². The highest BCUT2D eigenvalue weighted by Crippen LogP contribution is 2.26. The third-order valence-corrected chi connectivity index (χ3v) is 2.26. The van der Waals surface area contributed by atoms with Gasteiger partial charge in [-0.2, -0.15) is 0 Å². The quantitative estimate of drug-likeness (QED) is 0.692. The van der Waals surface area contributed by atoms with Crippen molar-refractivity contribution < 1.29 is 0 Å². The zero-order chi connectivity index (χ0) is 10.8. The van der Waals surface area contributed by atoms with Gasteiger partial charge in [-0.1, -0.05) is 6.07 Å². The normalized spacial score (nSPS) is 10.2. The first-order chi connectivity index (χ1) is 7.16. The van der Waals surface area contributed by atoms with E-state index in [0.717, 1.165) is 16.8 Å². The van der Waals surface area contributed by atoms with Crippen LogP contribution in [0.5, 0.6) is 0 Å². The number of nitrogens with zero attached hydrogens (tertiary/aromatic N) is 1. The second-order valence-electron chi connectivity index (χ2n) is 3.57. The minimum absolute atomic E-state index is 0.695. The molecule has 0 radical (unpaired) electrons. The number of aryl methyl sites for hydroxylation is 1. The molecule has 76 valence electrons. The number of aromatic nitrogens is 1. The summed E-state index contributed by atoms with van der Waals surface area (Å²) in [6, 6.07) is 9.37. The van der Waals surface area contributed by atoms with Gasteiger partial charge >= 0.3 is 0 Å². The van der Waals surface area contributed by atoms with Crippen molar-refractivity contribution in [3.63, 3.8) is 0 Å². The summed E-state index contributed by atoms with van der Waals surface area (Å²) in [5.74, 6) is 0. The fourth-order valence-corrected chi connectivity index (χ4v) is 1.42. The molecule has 0 aliphatic heterocycles. The highest BCUT2D eigenvalue weighted by molar-refractivity contribution is 5.76. The van der Waals surface area contributed by atoms with Gasteiger partial charge in [0.25, 0.3) is 0 Å². The molecule has 0 saturated carbocycles. The van der Waals surface area contributed by atoms with Crippen LogP contribution >= 0.6 is 0 Å². The molecule has 3 heteroatoms. The third kappa shape index (κ3) is 1.91. The Morgan fingerprint density at radius 2 is 1.87 bits per heavy atom. The Kier molecular flexibility index (Phi) is 2.29. The first-order valence-electron chi connectivity index (χ1n) is 4.75. The van der Waals surface area contributed by atoms with Gasteiger partial charge in [0.1, 0.15) is 0 Å². The summed E-state index contributed by atoms with van der Waals surface area (Å²) < 4.78 is 0. The number of hydrogen-bond acceptors (Lipinski definition) is 3. The van der Waals surface area contributed by atoms with Gasteiger partial charge < -0.3 is 11.5 Å². The van der Waals surface area contributed by atoms with Crippen molar-refractivity contribution in [2.75, 3.05) is 11.5 Å². The molecule has 0 unspecified atom stereocenters. The molecular weight excluding hydrogens is 186 g/mol. The van der Waals surface area contributed by atoms with E-state index in [1.165, 1.54) is 0 Å². The number of anilines is 2. The number of benzene rings is 1. The van der Waals surface area contributed by atoms with E-state index in [4.69, 9.17) is 11.5 Å². The van der Waals surface area contributed by atoms with Crippen LogP contribution in [-0.2, 0) is 0 Å². The molecule has 0 fully saturated rings. The Labute approximate surface area is 88.8 Å². The minimum atomic E-state index is 0.695. The maximum absolute atomic E-state index is 5.86. The fourth-order valence-electron chi connectivity index (χ4n) is 1.42. The predicted octanol–water partition coefficient (Wildman–Crippen LogP) is 2.22. The second kappa shape index (κ2) is 3.61. The number of pyridine rings is 1. The lowest BCUT2D eigenvalue weighted by Crippen LogP contribution is -1.94. The maximum atomic E-state index is 5.86. The van der Waals surface area contributed by atoms with Crippen LogP contribution in [0.25, 0.3) is 11.3 Å². The van der Waals surface area contributed by atoms with Crippen LogP contribution in [0.2, 0.25) is 0 Å². The van der Waals surface area contributed by atoms with Crippen molar-refractivity contribution in [3.8, 4) is 11.3 Å². The van der Waals surface area contributed by atoms with E-state index in [9.17, 15) is 0 Å². The molecule has 0 atom stereocenters. The summed E-state index contributed by atoms with van der Waals surface area (Å²) in [6.07, 6.45) is 1.82. The summed E-state index contributed by atoms with van der Waals surface area (Å²) in [5, 5.41) is 0. The van der Waals surface area contributed by atoms with E-state index < -0.39 is 0 Å². The van der Waals surface area contributed by atoms with Gasteiger partial charge in [-0.05, 0) is 36.8 Å². The molecule has 0 aliphatic carbocycles. The molecule has 2 rings (SSSR count). The van der Waals surface area contributed by atoms with Crippen LogP contribution in [0.1, 0.15) is 5.56 Å². The molecule has 0 bridgehead atoms. The van der Waals surface area contributed by atoms with Gasteiger partial charge in [0.2, 0.25) is 0 Å². The van der Waals surface area contributed by atoms with E-state index in [1.807, 2.05) is 31.3 Å². The molecule has 0 aliphatic rings. The summed E-state index contributed by atoms with van der Waals surface area (Å²) in [4.78, 5) is 4.31. The summed E-state index contributed by atoms with van der Waals surface area (Å²) >= 11 is 0. The molecule has 0 saturated heterocycles. The van der Waals surface area contributed by atoms with Crippen molar-refractivity contribution in [2.24, 2.45) is 0 Å². The Balaban J connectivity index is 2.53. The Morgan fingerprint density at radius 1 is 1.07 bits per heavy atom. The number of nitrogen functional groups attached to an aromatic ring is 2. The second-order valence-corrected chi connectivity index (χ2v) is 3.57. The SMILES string of the molecule is Cc1ccc(-c2cc(N)ccc2N)nc1. The van der Waals surface area contributed by atoms with E-state index in [2.05, 4.69) is 4.98 Å². The summed E-state index contributed by atoms with van der Waals surface area (Å²) in [6.45, 7) is 2.00. The molecule has 15 heavy (non-hydrogen) atoms. The van der Waals surface area contributed by atoms with Gasteiger partial charge in [-0.15, -0.1) is 0 Å². The molecule has 1 aromatic heterocycles. The average Bonchev–Trinajstić information content (AvgIpc) is 2.23. The molecule has 2 aromatic rings. The summed E-state index contributed by atoms with van der Waals surface area (Å²) in [7, 11) is 0.